The molecule has 0 aromatic heterocycles. The SMILES string of the molecule is CCC(=O)[C@@]1(C#CC(F)(F)F)CC[C@H]2[C@@H]3CCC4=CC(=O)CCC4=C3[C@@H](c3ccc(OC)cc3)C[C@@]21C. The van der Waals surface area contributed by atoms with Gasteiger partial charge in [0.2, 0.25) is 0 Å². The van der Waals surface area contributed by atoms with E-state index in [4.69, 9.17) is 4.74 Å². The third-order valence-electron chi connectivity index (χ3n) is 9.66. The highest BCUT2D eigenvalue weighted by Crippen LogP contribution is 2.69. The summed E-state index contributed by atoms with van der Waals surface area (Å²) >= 11 is 0. The lowest BCUT2D eigenvalue weighted by Gasteiger charge is -2.54. The minimum absolute atomic E-state index is 0.0566. The number of ether oxygens (including phenoxy) is 1. The number of Topliss-reactive ketones (excluding diaryl/α,β-unsaturated/α-hetero) is 1. The van der Waals surface area contributed by atoms with Crippen molar-refractivity contribution in [1.29, 1.82) is 0 Å². The molecular formula is C31H33F3O3. The van der Waals surface area contributed by atoms with E-state index in [2.05, 4.69) is 5.92 Å². The van der Waals surface area contributed by atoms with Gasteiger partial charge in [0.25, 0.3) is 0 Å². The summed E-state index contributed by atoms with van der Waals surface area (Å²) in [6, 6.07) is 7.89. The molecule has 0 spiro atoms. The van der Waals surface area contributed by atoms with Crippen molar-refractivity contribution in [1.82, 2.24) is 0 Å². The van der Waals surface area contributed by atoms with Crippen LogP contribution < -0.4 is 4.74 Å². The molecule has 0 N–H and O–H groups in total. The first kappa shape index (κ1) is 25.8. The molecule has 196 valence electrons. The number of hydrogen-bond donors (Lipinski definition) is 0. The molecule has 0 bridgehead atoms. The van der Waals surface area contributed by atoms with Crippen molar-refractivity contribution in [2.24, 2.45) is 22.7 Å². The van der Waals surface area contributed by atoms with Crippen LogP contribution in [0.1, 0.15) is 76.7 Å². The minimum Gasteiger partial charge on any atom is -0.497 e. The standard InChI is InChI=1S/C31H33F3O3/c1-4-27(36)30(15-16-31(32,33)34)14-13-26-24-11-7-20-17-21(35)8-12-23(20)28(24)25(18-29(26,30)2)19-5-9-22(37-3)10-6-19/h5-6,9-10,17,24-26H,4,7-8,11-14,18H2,1-3H3/t24-,25+,26-,29-,30-/m0/s1. The summed E-state index contributed by atoms with van der Waals surface area (Å²) in [5.74, 6) is 4.97. The zero-order valence-electron chi connectivity index (χ0n) is 21.6. The van der Waals surface area contributed by atoms with E-state index in [-0.39, 0.29) is 35.7 Å². The zero-order valence-corrected chi connectivity index (χ0v) is 21.6. The summed E-state index contributed by atoms with van der Waals surface area (Å²) in [5, 5.41) is 0. The van der Waals surface area contributed by atoms with E-state index in [1.807, 2.05) is 31.2 Å². The average molecular weight is 511 g/mol. The number of methoxy groups -OCH3 is 1. The van der Waals surface area contributed by atoms with Crippen molar-refractivity contribution >= 4 is 11.6 Å². The molecule has 2 fully saturated rings. The fourth-order valence-electron chi connectivity index (χ4n) is 8.04. The van der Waals surface area contributed by atoms with Crippen LogP contribution in [0.3, 0.4) is 0 Å². The van der Waals surface area contributed by atoms with Crippen LogP contribution in [0.5, 0.6) is 5.75 Å². The van der Waals surface area contributed by atoms with Gasteiger partial charge in [-0.15, -0.1) is 0 Å². The van der Waals surface area contributed by atoms with E-state index in [0.29, 0.717) is 32.1 Å². The van der Waals surface area contributed by atoms with Crippen LogP contribution in [0.15, 0.2) is 47.1 Å². The van der Waals surface area contributed by atoms with E-state index in [0.717, 1.165) is 29.7 Å². The molecule has 4 aliphatic rings. The van der Waals surface area contributed by atoms with Gasteiger partial charge >= 0.3 is 6.18 Å². The molecule has 0 amide bonds. The molecular weight excluding hydrogens is 477 g/mol. The third kappa shape index (κ3) is 4.15. The molecule has 6 heteroatoms. The number of carbonyl (C=O) groups is 2. The Labute approximate surface area is 216 Å². The summed E-state index contributed by atoms with van der Waals surface area (Å²) in [4.78, 5) is 25.7. The fraction of sp³-hybridized carbons (Fsp3) is 0.548. The maximum absolute atomic E-state index is 13.5. The van der Waals surface area contributed by atoms with Crippen molar-refractivity contribution in [3.63, 3.8) is 0 Å². The van der Waals surface area contributed by atoms with Crippen LogP contribution >= 0.6 is 0 Å². The second kappa shape index (κ2) is 9.19. The Hall–Kier alpha value is -2.81. The maximum atomic E-state index is 13.5. The lowest BCUT2D eigenvalue weighted by Crippen LogP contribution is -2.50. The van der Waals surface area contributed by atoms with Crippen molar-refractivity contribution in [2.75, 3.05) is 7.11 Å². The van der Waals surface area contributed by atoms with E-state index in [1.54, 1.807) is 20.1 Å². The summed E-state index contributed by atoms with van der Waals surface area (Å²) < 4.78 is 45.4. The summed E-state index contributed by atoms with van der Waals surface area (Å²) in [5.41, 5.74) is 2.78. The lowest BCUT2D eigenvalue weighted by atomic mass is 9.48. The molecule has 0 radical (unpaired) electrons. The second-order valence-electron chi connectivity index (χ2n) is 11.2. The molecule has 0 heterocycles. The Kier molecular flexibility index (Phi) is 6.41. The van der Waals surface area contributed by atoms with Crippen molar-refractivity contribution in [2.45, 2.75) is 77.3 Å². The minimum atomic E-state index is -4.65. The Morgan fingerprint density at radius 1 is 1.14 bits per heavy atom. The number of carbonyl (C=O) groups excluding carboxylic acids is 2. The van der Waals surface area contributed by atoms with Crippen LogP contribution in [0.2, 0.25) is 0 Å². The number of alkyl halides is 3. The largest absolute Gasteiger partial charge is 0.497 e. The maximum Gasteiger partial charge on any atom is 0.457 e. The van der Waals surface area contributed by atoms with Crippen LogP contribution in [0.4, 0.5) is 13.2 Å². The quantitative estimate of drug-likeness (QED) is 0.405. The van der Waals surface area contributed by atoms with E-state index < -0.39 is 17.0 Å². The average Bonchev–Trinajstić information content (AvgIpc) is 3.18. The first-order chi connectivity index (χ1) is 17.5. The second-order valence-corrected chi connectivity index (χ2v) is 11.2. The molecule has 5 rings (SSSR count). The Morgan fingerprint density at radius 2 is 1.86 bits per heavy atom. The number of halogens is 3. The Bertz CT molecular complexity index is 1240. The van der Waals surface area contributed by atoms with Gasteiger partial charge in [0.05, 0.1) is 12.5 Å². The summed E-state index contributed by atoms with van der Waals surface area (Å²) in [6.45, 7) is 3.75. The van der Waals surface area contributed by atoms with E-state index in [1.165, 1.54) is 17.1 Å². The number of hydrogen-bond acceptors (Lipinski definition) is 3. The molecule has 0 saturated heterocycles. The predicted octanol–water partition coefficient (Wildman–Crippen LogP) is 7.13. The summed E-state index contributed by atoms with van der Waals surface area (Å²) in [6.07, 6.45) is 1.74. The van der Waals surface area contributed by atoms with Crippen LogP contribution in [-0.2, 0) is 9.59 Å². The van der Waals surface area contributed by atoms with Crippen molar-refractivity contribution < 1.29 is 27.5 Å². The van der Waals surface area contributed by atoms with Gasteiger partial charge in [0.1, 0.15) is 5.75 Å². The molecule has 37 heavy (non-hydrogen) atoms. The zero-order chi connectivity index (χ0) is 26.6. The van der Waals surface area contributed by atoms with Crippen LogP contribution in [0, 0.1) is 34.5 Å². The van der Waals surface area contributed by atoms with Crippen molar-refractivity contribution in [3.05, 3.63) is 52.6 Å². The Balaban J connectivity index is 1.70. The van der Waals surface area contributed by atoms with Crippen molar-refractivity contribution in [3.8, 4) is 17.6 Å². The predicted molar refractivity (Wildman–Crippen MR) is 135 cm³/mol. The van der Waals surface area contributed by atoms with Gasteiger partial charge in [-0.2, -0.15) is 13.2 Å². The van der Waals surface area contributed by atoms with E-state index in [9.17, 15) is 22.8 Å². The van der Waals surface area contributed by atoms with Gasteiger partial charge in [-0.05, 0) is 90.7 Å². The topological polar surface area (TPSA) is 43.4 Å². The number of ketones is 2. The molecule has 5 atom stereocenters. The number of allylic oxidation sites excluding steroid dienone is 4. The molecule has 1 aromatic rings. The lowest BCUT2D eigenvalue weighted by molar-refractivity contribution is -0.132. The highest BCUT2D eigenvalue weighted by Gasteiger charge is 2.65. The van der Waals surface area contributed by atoms with Gasteiger partial charge in [0.15, 0.2) is 11.6 Å². The summed E-state index contributed by atoms with van der Waals surface area (Å²) in [7, 11) is 1.61. The van der Waals surface area contributed by atoms with Crippen LogP contribution in [0.25, 0.3) is 0 Å². The fourth-order valence-corrected chi connectivity index (χ4v) is 8.04. The molecule has 4 aliphatic carbocycles. The number of rotatable bonds is 4. The highest BCUT2D eigenvalue weighted by atomic mass is 19.4. The molecule has 2 saturated carbocycles. The van der Waals surface area contributed by atoms with Gasteiger partial charge in [-0.3, -0.25) is 9.59 Å². The smallest absolute Gasteiger partial charge is 0.457 e. The molecule has 0 unspecified atom stereocenters. The third-order valence-corrected chi connectivity index (χ3v) is 9.66. The highest BCUT2D eigenvalue weighted by molar-refractivity contribution is 5.93. The molecule has 3 nitrogen and oxygen atoms in total. The van der Waals surface area contributed by atoms with Gasteiger partial charge in [0, 0.05) is 24.7 Å². The van der Waals surface area contributed by atoms with Crippen LogP contribution in [-0.4, -0.2) is 24.9 Å². The number of fused-ring (bicyclic) bond motifs is 4. The molecule has 0 aliphatic heterocycles. The monoisotopic (exact) mass is 510 g/mol. The normalized spacial score (nSPS) is 33.0. The first-order valence-electron chi connectivity index (χ1n) is 13.3. The van der Waals surface area contributed by atoms with E-state index >= 15 is 0 Å². The van der Waals surface area contributed by atoms with Gasteiger partial charge < -0.3 is 4.74 Å². The van der Waals surface area contributed by atoms with Gasteiger partial charge in [-0.1, -0.05) is 37.5 Å². The molecule has 1 aromatic carbocycles. The Morgan fingerprint density at radius 3 is 2.51 bits per heavy atom. The number of benzene rings is 1. The first-order valence-corrected chi connectivity index (χ1v) is 13.3. The van der Waals surface area contributed by atoms with Gasteiger partial charge in [-0.25, -0.2) is 0 Å².